The van der Waals surface area contributed by atoms with Crippen LogP contribution in [0.1, 0.15) is 35.4 Å². The van der Waals surface area contributed by atoms with Gasteiger partial charge in [-0.2, -0.15) is 0 Å². The Hall–Kier alpha value is -2.14. The van der Waals surface area contributed by atoms with E-state index in [2.05, 4.69) is 0 Å². The fourth-order valence-electron chi connectivity index (χ4n) is 3.99. The molecule has 0 N–H and O–H groups in total. The summed E-state index contributed by atoms with van der Waals surface area (Å²) in [5.74, 6) is 0.496. The molecule has 136 valence electrons. The van der Waals surface area contributed by atoms with E-state index in [0.717, 1.165) is 54.8 Å². The SMILES string of the molecule is O=C(c1sccc1-c1ccccc1)N1CCC(C(=O)N2CCCC2)CC1. The lowest BCUT2D eigenvalue weighted by molar-refractivity contribution is -0.135. The second kappa shape index (κ2) is 7.62. The average molecular weight is 369 g/mol. The van der Waals surface area contributed by atoms with Crippen molar-refractivity contribution < 1.29 is 9.59 Å². The highest BCUT2D eigenvalue weighted by molar-refractivity contribution is 7.12. The van der Waals surface area contributed by atoms with Crippen molar-refractivity contribution >= 4 is 23.2 Å². The van der Waals surface area contributed by atoms with Crippen LogP contribution < -0.4 is 0 Å². The van der Waals surface area contributed by atoms with Crippen LogP contribution >= 0.6 is 11.3 Å². The Morgan fingerprint density at radius 1 is 0.885 bits per heavy atom. The van der Waals surface area contributed by atoms with E-state index in [0.29, 0.717) is 19.0 Å². The Labute approximate surface area is 158 Å². The van der Waals surface area contributed by atoms with Gasteiger partial charge in [-0.1, -0.05) is 30.3 Å². The molecule has 2 amide bonds. The van der Waals surface area contributed by atoms with Gasteiger partial charge in [0.2, 0.25) is 5.91 Å². The van der Waals surface area contributed by atoms with Gasteiger partial charge in [-0.3, -0.25) is 9.59 Å². The number of likely N-dealkylation sites (tertiary alicyclic amines) is 2. The molecule has 1 aromatic heterocycles. The molecular weight excluding hydrogens is 344 g/mol. The zero-order valence-corrected chi connectivity index (χ0v) is 15.7. The number of hydrogen-bond acceptors (Lipinski definition) is 3. The monoisotopic (exact) mass is 368 g/mol. The van der Waals surface area contributed by atoms with Crippen LogP contribution in [0.15, 0.2) is 41.8 Å². The third-order valence-corrected chi connectivity index (χ3v) is 6.40. The molecule has 0 bridgehead atoms. The first-order chi connectivity index (χ1) is 12.7. The Bertz CT molecular complexity index is 772. The van der Waals surface area contributed by atoms with Crippen molar-refractivity contribution in [3.05, 3.63) is 46.7 Å². The fraction of sp³-hybridized carbons (Fsp3) is 0.429. The van der Waals surface area contributed by atoms with Crippen molar-refractivity contribution in [3.63, 3.8) is 0 Å². The molecule has 2 saturated heterocycles. The lowest BCUT2D eigenvalue weighted by atomic mass is 9.95. The molecule has 3 heterocycles. The van der Waals surface area contributed by atoms with Gasteiger partial charge in [0.05, 0.1) is 4.88 Å². The molecule has 26 heavy (non-hydrogen) atoms. The van der Waals surface area contributed by atoms with Gasteiger partial charge in [0.1, 0.15) is 0 Å². The standard InChI is InChI=1S/C21H24N2O2S/c24-20(22-11-4-5-12-22)17-8-13-23(14-9-17)21(25)19-18(10-15-26-19)16-6-2-1-3-7-16/h1-3,6-7,10,15,17H,4-5,8-9,11-14H2. The Morgan fingerprint density at radius 2 is 1.58 bits per heavy atom. The van der Waals surface area contributed by atoms with Gasteiger partial charge >= 0.3 is 0 Å². The maximum absolute atomic E-state index is 13.0. The second-order valence-corrected chi connectivity index (χ2v) is 8.04. The smallest absolute Gasteiger partial charge is 0.264 e. The van der Waals surface area contributed by atoms with Crippen LogP contribution in [0.4, 0.5) is 0 Å². The summed E-state index contributed by atoms with van der Waals surface area (Å²) in [5, 5.41) is 1.99. The molecule has 2 aliphatic heterocycles. The molecule has 0 unspecified atom stereocenters. The van der Waals surface area contributed by atoms with Crippen molar-refractivity contribution in [1.29, 1.82) is 0 Å². The molecule has 0 saturated carbocycles. The number of nitrogens with zero attached hydrogens (tertiary/aromatic N) is 2. The first-order valence-electron chi connectivity index (χ1n) is 9.45. The number of carbonyl (C=O) groups excluding carboxylic acids is 2. The first kappa shape index (κ1) is 17.3. The number of rotatable bonds is 3. The maximum atomic E-state index is 13.0. The van der Waals surface area contributed by atoms with Crippen LogP contribution in [0, 0.1) is 5.92 Å². The van der Waals surface area contributed by atoms with Gasteiger partial charge in [-0.25, -0.2) is 0 Å². The number of carbonyl (C=O) groups is 2. The molecule has 5 heteroatoms. The van der Waals surface area contributed by atoms with E-state index in [1.165, 1.54) is 11.3 Å². The predicted octanol–water partition coefficient (Wildman–Crippen LogP) is 3.89. The van der Waals surface area contributed by atoms with Crippen LogP contribution in [-0.2, 0) is 4.79 Å². The number of benzene rings is 1. The zero-order valence-electron chi connectivity index (χ0n) is 14.9. The predicted molar refractivity (Wildman–Crippen MR) is 104 cm³/mol. The van der Waals surface area contributed by atoms with Gasteiger partial charge in [-0.05, 0) is 42.7 Å². The quantitative estimate of drug-likeness (QED) is 0.825. The molecular formula is C21H24N2O2S. The van der Waals surface area contributed by atoms with Crippen molar-refractivity contribution in [2.75, 3.05) is 26.2 Å². The summed E-state index contributed by atoms with van der Waals surface area (Å²) in [6.07, 6.45) is 3.83. The van der Waals surface area contributed by atoms with E-state index in [-0.39, 0.29) is 11.8 Å². The highest BCUT2D eigenvalue weighted by atomic mass is 32.1. The molecule has 0 atom stereocenters. The molecule has 0 spiro atoms. The van der Waals surface area contributed by atoms with Gasteiger partial charge < -0.3 is 9.80 Å². The minimum Gasteiger partial charge on any atom is -0.342 e. The molecule has 4 nitrogen and oxygen atoms in total. The van der Waals surface area contributed by atoms with Gasteiger partial charge in [-0.15, -0.1) is 11.3 Å². The van der Waals surface area contributed by atoms with Crippen molar-refractivity contribution in [1.82, 2.24) is 9.80 Å². The molecule has 1 aromatic carbocycles. The lowest BCUT2D eigenvalue weighted by Crippen LogP contribution is -2.43. The van der Waals surface area contributed by atoms with Crippen molar-refractivity contribution in [3.8, 4) is 11.1 Å². The van der Waals surface area contributed by atoms with Crippen molar-refractivity contribution in [2.45, 2.75) is 25.7 Å². The summed E-state index contributed by atoms with van der Waals surface area (Å²) in [5.41, 5.74) is 2.09. The fourth-order valence-corrected chi connectivity index (χ4v) is 4.87. The summed E-state index contributed by atoms with van der Waals surface area (Å²) < 4.78 is 0. The van der Waals surface area contributed by atoms with Crippen LogP contribution in [0.5, 0.6) is 0 Å². The highest BCUT2D eigenvalue weighted by Crippen LogP contribution is 2.31. The molecule has 0 radical (unpaired) electrons. The van der Waals surface area contributed by atoms with Gasteiger partial charge in [0.25, 0.3) is 5.91 Å². The molecule has 4 rings (SSSR count). The van der Waals surface area contributed by atoms with Crippen LogP contribution in [0.3, 0.4) is 0 Å². The van der Waals surface area contributed by atoms with E-state index >= 15 is 0 Å². The van der Waals surface area contributed by atoms with Crippen LogP contribution in [0.2, 0.25) is 0 Å². The summed E-state index contributed by atoms with van der Waals surface area (Å²) >= 11 is 1.51. The van der Waals surface area contributed by atoms with Crippen LogP contribution in [0.25, 0.3) is 11.1 Å². The summed E-state index contributed by atoms with van der Waals surface area (Å²) in [6, 6.07) is 12.1. The molecule has 2 aliphatic rings. The van der Waals surface area contributed by atoms with E-state index in [4.69, 9.17) is 0 Å². The number of hydrogen-bond donors (Lipinski definition) is 0. The third-order valence-electron chi connectivity index (χ3n) is 5.49. The summed E-state index contributed by atoms with van der Waals surface area (Å²) in [6.45, 7) is 3.17. The molecule has 0 aliphatic carbocycles. The largest absolute Gasteiger partial charge is 0.342 e. The number of thiophene rings is 1. The van der Waals surface area contributed by atoms with E-state index in [1.807, 2.05) is 51.6 Å². The topological polar surface area (TPSA) is 40.6 Å². The zero-order chi connectivity index (χ0) is 17.9. The normalized spacial score (nSPS) is 18.3. The number of amides is 2. The highest BCUT2D eigenvalue weighted by Gasteiger charge is 2.32. The van der Waals surface area contributed by atoms with E-state index in [1.54, 1.807) is 0 Å². The maximum Gasteiger partial charge on any atom is 0.264 e. The minimum absolute atomic E-state index is 0.0917. The van der Waals surface area contributed by atoms with Crippen molar-refractivity contribution in [2.24, 2.45) is 5.92 Å². The van der Waals surface area contributed by atoms with Crippen LogP contribution in [-0.4, -0.2) is 47.8 Å². The lowest BCUT2D eigenvalue weighted by Gasteiger charge is -2.33. The van der Waals surface area contributed by atoms with Gasteiger partial charge in [0, 0.05) is 37.7 Å². The van der Waals surface area contributed by atoms with E-state index in [9.17, 15) is 9.59 Å². The number of piperidine rings is 1. The molecule has 2 aromatic rings. The van der Waals surface area contributed by atoms with E-state index < -0.39 is 0 Å². The summed E-state index contributed by atoms with van der Waals surface area (Å²) in [7, 11) is 0. The Kier molecular flexibility index (Phi) is 5.07. The second-order valence-electron chi connectivity index (χ2n) is 7.13. The molecule has 2 fully saturated rings. The average Bonchev–Trinajstić information content (AvgIpc) is 3.39. The third kappa shape index (κ3) is 3.40. The Morgan fingerprint density at radius 3 is 2.27 bits per heavy atom. The first-order valence-corrected chi connectivity index (χ1v) is 10.3. The Balaban J connectivity index is 1.42. The minimum atomic E-state index is 0.0917. The van der Waals surface area contributed by atoms with Gasteiger partial charge in [0.15, 0.2) is 0 Å². The summed E-state index contributed by atoms with van der Waals surface area (Å²) in [4.78, 5) is 30.3.